The second-order valence-electron chi connectivity index (χ2n) is 8.46. The van der Waals surface area contributed by atoms with Crippen LogP contribution in [0.25, 0.3) is 0 Å². The molecule has 0 radical (unpaired) electrons. The number of rotatable bonds is 6. The Balaban J connectivity index is 1.45. The number of aromatic hydroxyl groups is 1. The molecule has 0 aromatic carbocycles. The van der Waals surface area contributed by atoms with Crippen molar-refractivity contribution in [1.29, 1.82) is 0 Å². The maximum atomic E-state index is 13.0. The molecule has 1 fully saturated rings. The van der Waals surface area contributed by atoms with E-state index in [1.54, 1.807) is 36.2 Å². The lowest BCUT2D eigenvalue weighted by atomic mass is 10.1. The first-order chi connectivity index (χ1) is 16.3. The van der Waals surface area contributed by atoms with Gasteiger partial charge in [0.25, 0.3) is 11.5 Å². The van der Waals surface area contributed by atoms with Gasteiger partial charge in [-0.05, 0) is 56.5 Å². The van der Waals surface area contributed by atoms with Crippen LogP contribution in [0.3, 0.4) is 0 Å². The molecule has 2 N–H and O–H groups in total. The Kier molecular flexibility index (Phi) is 6.72. The van der Waals surface area contributed by atoms with E-state index in [0.29, 0.717) is 23.8 Å². The van der Waals surface area contributed by atoms with Crippen molar-refractivity contribution in [2.45, 2.75) is 45.7 Å². The molecule has 0 spiro atoms. The number of nitrogens with zero attached hydrogens (tertiary/aromatic N) is 4. The second kappa shape index (κ2) is 9.86. The van der Waals surface area contributed by atoms with Gasteiger partial charge in [0.2, 0.25) is 5.91 Å². The minimum atomic E-state index is -0.365. The quantitative estimate of drug-likeness (QED) is 0.583. The van der Waals surface area contributed by atoms with Crippen molar-refractivity contribution in [3.63, 3.8) is 0 Å². The second-order valence-corrected chi connectivity index (χ2v) is 8.46. The Bertz CT molecular complexity index is 1270. The zero-order valence-electron chi connectivity index (χ0n) is 19.2. The van der Waals surface area contributed by atoms with E-state index in [2.05, 4.69) is 15.3 Å². The van der Waals surface area contributed by atoms with E-state index in [0.717, 1.165) is 24.5 Å². The summed E-state index contributed by atoms with van der Waals surface area (Å²) in [6, 6.07) is 11.2. The van der Waals surface area contributed by atoms with E-state index in [1.807, 2.05) is 19.1 Å². The van der Waals surface area contributed by atoms with Gasteiger partial charge in [-0.3, -0.25) is 14.4 Å². The van der Waals surface area contributed by atoms with E-state index in [4.69, 9.17) is 0 Å². The first-order valence-corrected chi connectivity index (χ1v) is 11.2. The topological polar surface area (TPSA) is 117 Å². The molecule has 0 bridgehead atoms. The number of hydrogen-bond donors (Lipinski definition) is 2. The molecular weight excluding hydrogens is 434 g/mol. The Hall–Kier alpha value is -4.01. The molecule has 34 heavy (non-hydrogen) atoms. The van der Waals surface area contributed by atoms with Crippen LogP contribution in [0.1, 0.15) is 52.7 Å². The van der Waals surface area contributed by atoms with Crippen molar-refractivity contribution in [3.8, 4) is 5.75 Å². The van der Waals surface area contributed by atoms with Crippen LogP contribution in [-0.4, -0.2) is 42.9 Å². The third-order valence-electron chi connectivity index (χ3n) is 5.94. The van der Waals surface area contributed by atoms with Crippen LogP contribution < -0.4 is 10.9 Å². The lowest BCUT2D eigenvalue weighted by molar-refractivity contribution is -0.132. The summed E-state index contributed by atoms with van der Waals surface area (Å²) in [4.78, 5) is 48.4. The average Bonchev–Trinajstić information content (AvgIpc) is 3.30. The zero-order chi connectivity index (χ0) is 24.2. The fourth-order valence-corrected chi connectivity index (χ4v) is 4.21. The number of hydrogen-bond acceptors (Lipinski definition) is 6. The van der Waals surface area contributed by atoms with Gasteiger partial charge in [0.1, 0.15) is 17.3 Å². The largest absolute Gasteiger partial charge is 0.508 e. The molecule has 0 saturated carbocycles. The number of aromatic nitrogens is 3. The van der Waals surface area contributed by atoms with Gasteiger partial charge in [0.05, 0.1) is 11.7 Å². The highest BCUT2D eigenvalue weighted by Gasteiger charge is 2.31. The molecule has 176 valence electrons. The van der Waals surface area contributed by atoms with Crippen molar-refractivity contribution >= 4 is 17.6 Å². The van der Waals surface area contributed by atoms with E-state index < -0.39 is 0 Å². The molecule has 1 atom stereocenters. The van der Waals surface area contributed by atoms with Crippen LogP contribution in [0.2, 0.25) is 0 Å². The molecule has 0 aliphatic carbocycles. The molecule has 4 heterocycles. The van der Waals surface area contributed by atoms with Gasteiger partial charge in [-0.1, -0.05) is 12.1 Å². The third kappa shape index (κ3) is 5.14. The van der Waals surface area contributed by atoms with Gasteiger partial charge in [0.15, 0.2) is 0 Å². The molecule has 3 aromatic rings. The van der Waals surface area contributed by atoms with Crippen LogP contribution in [0.5, 0.6) is 5.75 Å². The predicted molar refractivity (Wildman–Crippen MR) is 127 cm³/mol. The molecule has 9 heteroatoms. The molecule has 9 nitrogen and oxygen atoms in total. The lowest BCUT2D eigenvalue weighted by Crippen LogP contribution is -2.33. The molecular formula is C25H27N5O4. The number of carbonyl (C=O) groups excluding carboxylic acids is 2. The first kappa shape index (κ1) is 23.2. The van der Waals surface area contributed by atoms with Crippen molar-refractivity contribution in [2.75, 3.05) is 11.9 Å². The molecule has 4 rings (SSSR count). The molecule has 0 unspecified atom stereocenters. The minimum Gasteiger partial charge on any atom is -0.508 e. The van der Waals surface area contributed by atoms with Gasteiger partial charge in [-0.2, -0.15) is 0 Å². The number of aryl methyl sites for hydroxylation is 2. The Labute approximate surface area is 197 Å². The zero-order valence-corrected chi connectivity index (χ0v) is 19.2. The summed E-state index contributed by atoms with van der Waals surface area (Å²) in [6.07, 6.45) is 3.41. The summed E-state index contributed by atoms with van der Waals surface area (Å²) in [5.41, 5.74) is 2.17. The summed E-state index contributed by atoms with van der Waals surface area (Å²) in [5.74, 6) is -0.0864. The molecule has 3 aromatic heterocycles. The van der Waals surface area contributed by atoms with E-state index in [1.165, 1.54) is 10.6 Å². The summed E-state index contributed by atoms with van der Waals surface area (Å²) >= 11 is 0. The van der Waals surface area contributed by atoms with Gasteiger partial charge in [-0.15, -0.1) is 0 Å². The first-order valence-electron chi connectivity index (χ1n) is 11.2. The van der Waals surface area contributed by atoms with Crippen molar-refractivity contribution in [2.24, 2.45) is 0 Å². The fraction of sp³-hybridized carbons (Fsp3) is 0.320. The number of nitrogens with one attached hydrogen (secondary N) is 1. The van der Waals surface area contributed by atoms with Crippen molar-refractivity contribution in [1.82, 2.24) is 19.4 Å². The summed E-state index contributed by atoms with van der Waals surface area (Å²) < 4.78 is 1.48. The Morgan fingerprint density at radius 3 is 2.74 bits per heavy atom. The van der Waals surface area contributed by atoms with Crippen molar-refractivity contribution in [3.05, 3.63) is 81.7 Å². The summed E-state index contributed by atoms with van der Waals surface area (Å²) in [7, 11) is 0. The Morgan fingerprint density at radius 1 is 1.18 bits per heavy atom. The van der Waals surface area contributed by atoms with Crippen LogP contribution >= 0.6 is 0 Å². The normalized spacial score (nSPS) is 15.4. The maximum Gasteiger partial charge on any atom is 0.275 e. The number of amides is 2. The van der Waals surface area contributed by atoms with Crippen LogP contribution in [0.15, 0.2) is 53.5 Å². The van der Waals surface area contributed by atoms with Crippen LogP contribution in [0, 0.1) is 13.8 Å². The summed E-state index contributed by atoms with van der Waals surface area (Å²) in [6.45, 7) is 4.46. The number of likely N-dealkylation sites (tertiary alicyclic amines) is 1. The molecule has 1 saturated heterocycles. The Morgan fingerprint density at radius 2 is 2.00 bits per heavy atom. The third-order valence-corrected chi connectivity index (χ3v) is 5.94. The maximum absolute atomic E-state index is 13.0. The minimum absolute atomic E-state index is 0.0811. The van der Waals surface area contributed by atoms with E-state index in [-0.39, 0.29) is 47.8 Å². The standard InChI is InChI=1S/C25H27N5O4/c1-16-8-9-22(26-15-16)28-25(34)20-6-3-5-19(27-20)21-7-4-11-30(21)23(32)10-12-29-17(2)13-18(31)14-24(29)33/h3,5-6,8-9,13-15,21,31H,4,7,10-12H2,1-2H3,(H,26,28,34)/t21-/m1/s1. The molecule has 1 aliphatic rings. The number of pyridine rings is 3. The lowest BCUT2D eigenvalue weighted by Gasteiger charge is -2.25. The van der Waals surface area contributed by atoms with E-state index >= 15 is 0 Å². The summed E-state index contributed by atoms with van der Waals surface area (Å²) in [5, 5.41) is 12.3. The average molecular weight is 462 g/mol. The number of anilines is 1. The smallest absolute Gasteiger partial charge is 0.275 e. The van der Waals surface area contributed by atoms with Gasteiger partial charge in [-0.25, -0.2) is 9.97 Å². The molecule has 1 aliphatic heterocycles. The van der Waals surface area contributed by atoms with E-state index in [9.17, 15) is 19.5 Å². The monoisotopic (exact) mass is 461 g/mol. The SMILES string of the molecule is Cc1ccc(NC(=O)c2cccc([C@H]3CCCN3C(=O)CCn3c(C)cc(O)cc3=O)n2)nc1. The number of carbonyl (C=O) groups is 2. The van der Waals surface area contributed by atoms with Gasteiger partial charge in [0, 0.05) is 37.5 Å². The van der Waals surface area contributed by atoms with Gasteiger partial charge < -0.3 is 19.9 Å². The van der Waals surface area contributed by atoms with Crippen LogP contribution in [-0.2, 0) is 11.3 Å². The molecule has 2 amide bonds. The van der Waals surface area contributed by atoms with Crippen LogP contribution in [0.4, 0.5) is 5.82 Å². The predicted octanol–water partition coefficient (Wildman–Crippen LogP) is 2.97. The van der Waals surface area contributed by atoms with Gasteiger partial charge >= 0.3 is 0 Å². The highest BCUT2D eigenvalue weighted by molar-refractivity contribution is 6.02. The van der Waals surface area contributed by atoms with Crippen molar-refractivity contribution < 1.29 is 14.7 Å². The highest BCUT2D eigenvalue weighted by Crippen LogP contribution is 2.31. The highest BCUT2D eigenvalue weighted by atomic mass is 16.3. The fourth-order valence-electron chi connectivity index (χ4n) is 4.21.